The zero-order valence-corrected chi connectivity index (χ0v) is 15.6. The van der Waals surface area contributed by atoms with Crippen molar-refractivity contribution >= 4 is 16.5 Å². The molecule has 4 rings (SSSR count). The van der Waals surface area contributed by atoms with Crippen molar-refractivity contribution in [3.63, 3.8) is 0 Å². The molecule has 27 heavy (non-hydrogen) atoms. The fourth-order valence-electron chi connectivity index (χ4n) is 3.72. The molecule has 2 aromatic heterocycles. The molecule has 0 saturated heterocycles. The molecule has 2 heterocycles. The van der Waals surface area contributed by atoms with E-state index in [1.165, 1.54) is 0 Å². The second kappa shape index (κ2) is 6.88. The first-order chi connectivity index (χ1) is 13.1. The molecule has 3 aromatic rings. The third-order valence-electron chi connectivity index (χ3n) is 5.12. The van der Waals surface area contributed by atoms with Crippen molar-refractivity contribution in [1.29, 1.82) is 0 Å². The van der Waals surface area contributed by atoms with Gasteiger partial charge < -0.3 is 4.57 Å². The number of pyridine rings is 2. The summed E-state index contributed by atoms with van der Waals surface area (Å²) in [6.07, 6.45) is 10.8. The van der Waals surface area contributed by atoms with Crippen molar-refractivity contribution in [3.8, 4) is 11.1 Å². The Morgan fingerprint density at radius 1 is 1.07 bits per heavy atom. The van der Waals surface area contributed by atoms with E-state index in [0.717, 1.165) is 47.2 Å². The maximum absolute atomic E-state index is 13.6. The molecule has 1 aliphatic carbocycles. The normalized spacial score (nSPS) is 13.8. The van der Waals surface area contributed by atoms with Gasteiger partial charge >= 0.3 is 0 Å². The summed E-state index contributed by atoms with van der Waals surface area (Å²) in [6.45, 7) is 2.07. The van der Waals surface area contributed by atoms with Gasteiger partial charge in [-0.1, -0.05) is 37.3 Å². The van der Waals surface area contributed by atoms with Gasteiger partial charge in [0.15, 0.2) is 0 Å². The first-order valence-corrected chi connectivity index (χ1v) is 9.32. The van der Waals surface area contributed by atoms with Crippen molar-refractivity contribution < 1.29 is 0 Å². The van der Waals surface area contributed by atoms with E-state index in [0.29, 0.717) is 5.39 Å². The van der Waals surface area contributed by atoms with Crippen LogP contribution >= 0.6 is 0 Å². The molecule has 0 fully saturated rings. The van der Waals surface area contributed by atoms with E-state index in [1.807, 2.05) is 28.8 Å². The maximum Gasteiger partial charge on any atom is 0.263 e. The lowest BCUT2D eigenvalue weighted by atomic mass is 9.99. The molecule has 136 valence electrons. The third-order valence-corrected chi connectivity index (χ3v) is 5.12. The van der Waals surface area contributed by atoms with Gasteiger partial charge in [0.05, 0.1) is 5.39 Å². The lowest BCUT2D eigenvalue weighted by Crippen LogP contribution is -2.23. The van der Waals surface area contributed by atoms with Crippen LogP contribution in [-0.2, 0) is 13.5 Å². The van der Waals surface area contributed by atoms with Gasteiger partial charge in [0.25, 0.3) is 5.56 Å². The molecule has 0 saturated carbocycles. The third kappa shape index (κ3) is 2.97. The summed E-state index contributed by atoms with van der Waals surface area (Å²) in [7, 11) is 1.72. The highest BCUT2D eigenvalue weighted by atomic mass is 16.1. The van der Waals surface area contributed by atoms with Crippen molar-refractivity contribution in [1.82, 2.24) is 9.13 Å². The van der Waals surface area contributed by atoms with Gasteiger partial charge in [-0.15, -0.1) is 0 Å². The lowest BCUT2D eigenvalue weighted by molar-refractivity contribution is 0.862. The van der Waals surface area contributed by atoms with Crippen molar-refractivity contribution in [3.05, 3.63) is 87.2 Å². The predicted octanol–water partition coefficient (Wildman–Crippen LogP) is 4.12. The van der Waals surface area contributed by atoms with E-state index >= 15 is 0 Å². The number of aryl methyl sites for hydroxylation is 2. The molecule has 1 aromatic carbocycles. The summed E-state index contributed by atoms with van der Waals surface area (Å²) in [5, 5.41) is 1.62. The summed E-state index contributed by atoms with van der Waals surface area (Å²) in [5.41, 5.74) is 3.59. The molecule has 4 heteroatoms. The van der Waals surface area contributed by atoms with Crippen LogP contribution in [0.5, 0.6) is 0 Å². The van der Waals surface area contributed by atoms with Gasteiger partial charge in [0.2, 0.25) is 5.56 Å². The number of nitrogens with zero attached hydrogens (tertiary/aromatic N) is 2. The summed E-state index contributed by atoms with van der Waals surface area (Å²) >= 11 is 0. The largest absolute Gasteiger partial charge is 0.318 e. The van der Waals surface area contributed by atoms with Gasteiger partial charge in [0.1, 0.15) is 0 Å². The fraction of sp³-hybridized carbons (Fsp3) is 0.217. The van der Waals surface area contributed by atoms with Crippen molar-refractivity contribution in [2.75, 3.05) is 0 Å². The summed E-state index contributed by atoms with van der Waals surface area (Å²) < 4.78 is 3.38. The Morgan fingerprint density at radius 2 is 1.93 bits per heavy atom. The van der Waals surface area contributed by atoms with Crippen LogP contribution in [0.4, 0.5) is 0 Å². The van der Waals surface area contributed by atoms with E-state index in [4.69, 9.17) is 0 Å². The standard InChI is InChI=1S/C23H22N2O2/c1-3-18-14-16-8-7-11-20(17-12-13-21(26)24(2)15-17)22(16)23(27)25(18)19-9-5-4-6-10-19/h5,7-15H,3-4,6H2,1-2H3. The van der Waals surface area contributed by atoms with Gasteiger partial charge in [-0.05, 0) is 54.0 Å². The highest BCUT2D eigenvalue weighted by Gasteiger charge is 2.15. The van der Waals surface area contributed by atoms with Crippen LogP contribution in [0.15, 0.2) is 70.4 Å². The van der Waals surface area contributed by atoms with E-state index in [1.54, 1.807) is 29.9 Å². The van der Waals surface area contributed by atoms with Crippen LogP contribution in [0.2, 0.25) is 0 Å². The molecule has 0 aliphatic heterocycles. The Morgan fingerprint density at radius 3 is 2.63 bits per heavy atom. The molecule has 0 spiro atoms. The molecule has 0 bridgehead atoms. The van der Waals surface area contributed by atoms with Crippen LogP contribution in [0.25, 0.3) is 27.6 Å². The zero-order chi connectivity index (χ0) is 19.0. The zero-order valence-electron chi connectivity index (χ0n) is 15.6. The van der Waals surface area contributed by atoms with Crippen LogP contribution in [0.3, 0.4) is 0 Å². The summed E-state index contributed by atoms with van der Waals surface area (Å²) in [5.74, 6) is 0. The second-order valence-corrected chi connectivity index (χ2v) is 6.88. The minimum Gasteiger partial charge on any atom is -0.318 e. The molecule has 0 unspecified atom stereocenters. The number of aromatic nitrogens is 2. The average Bonchev–Trinajstić information content (AvgIpc) is 2.70. The van der Waals surface area contributed by atoms with Gasteiger partial charge in [-0.25, -0.2) is 0 Å². The highest BCUT2D eigenvalue weighted by Crippen LogP contribution is 2.28. The Kier molecular flexibility index (Phi) is 4.40. The van der Waals surface area contributed by atoms with E-state index in [9.17, 15) is 9.59 Å². The number of allylic oxidation sites excluding steroid dienone is 4. The maximum atomic E-state index is 13.6. The Hall–Kier alpha value is -3.14. The summed E-state index contributed by atoms with van der Waals surface area (Å²) in [6, 6.07) is 11.3. The van der Waals surface area contributed by atoms with Gasteiger partial charge in [0, 0.05) is 30.7 Å². The second-order valence-electron chi connectivity index (χ2n) is 6.88. The Bertz CT molecular complexity index is 1210. The SMILES string of the molecule is CCc1cc2cccc(-c3ccc(=O)n(C)c3)c2c(=O)n1C1=CCCC=C1. The molecule has 4 nitrogen and oxygen atoms in total. The molecular formula is C23H22N2O2. The van der Waals surface area contributed by atoms with E-state index in [2.05, 4.69) is 25.1 Å². The number of hydrogen-bond donors (Lipinski definition) is 0. The quantitative estimate of drug-likeness (QED) is 0.707. The van der Waals surface area contributed by atoms with E-state index in [-0.39, 0.29) is 11.1 Å². The number of hydrogen-bond acceptors (Lipinski definition) is 2. The Balaban J connectivity index is 2.06. The Labute approximate surface area is 157 Å². The molecule has 0 amide bonds. The van der Waals surface area contributed by atoms with E-state index < -0.39 is 0 Å². The molecule has 0 N–H and O–H groups in total. The first kappa shape index (κ1) is 17.3. The molecule has 0 atom stereocenters. The predicted molar refractivity (Wildman–Crippen MR) is 111 cm³/mol. The summed E-state index contributed by atoms with van der Waals surface area (Å²) in [4.78, 5) is 25.3. The topological polar surface area (TPSA) is 44.0 Å². The smallest absolute Gasteiger partial charge is 0.263 e. The van der Waals surface area contributed by atoms with Gasteiger partial charge in [-0.3, -0.25) is 14.2 Å². The van der Waals surface area contributed by atoms with Crippen LogP contribution in [0, 0.1) is 0 Å². The highest BCUT2D eigenvalue weighted by molar-refractivity contribution is 5.96. The number of rotatable bonds is 3. The van der Waals surface area contributed by atoms with Crippen LogP contribution < -0.4 is 11.1 Å². The monoisotopic (exact) mass is 358 g/mol. The first-order valence-electron chi connectivity index (χ1n) is 9.32. The molecular weight excluding hydrogens is 336 g/mol. The van der Waals surface area contributed by atoms with Crippen molar-refractivity contribution in [2.45, 2.75) is 26.2 Å². The number of benzene rings is 1. The minimum absolute atomic E-state index is 0.00777. The van der Waals surface area contributed by atoms with Gasteiger partial charge in [-0.2, -0.15) is 0 Å². The average molecular weight is 358 g/mol. The van der Waals surface area contributed by atoms with Crippen molar-refractivity contribution in [2.24, 2.45) is 7.05 Å². The molecule has 0 radical (unpaired) electrons. The van der Waals surface area contributed by atoms with Crippen LogP contribution in [-0.4, -0.2) is 9.13 Å². The number of fused-ring (bicyclic) bond motifs is 1. The lowest BCUT2D eigenvalue weighted by Gasteiger charge is -2.17. The fourth-order valence-corrected chi connectivity index (χ4v) is 3.72. The molecule has 1 aliphatic rings. The van der Waals surface area contributed by atoms with Crippen LogP contribution in [0.1, 0.15) is 25.5 Å². The minimum atomic E-state index is -0.0674.